The quantitative estimate of drug-likeness (QED) is 0.624. The third-order valence-electron chi connectivity index (χ3n) is 3.45. The lowest BCUT2D eigenvalue weighted by Crippen LogP contribution is -2.32. The summed E-state index contributed by atoms with van der Waals surface area (Å²) in [5, 5.41) is 6.77. The Bertz CT molecular complexity index is 331. The Morgan fingerprint density at radius 1 is 1.11 bits per heavy atom. The first-order valence-electron chi connectivity index (χ1n) is 6.93. The molecule has 0 saturated heterocycles. The summed E-state index contributed by atoms with van der Waals surface area (Å²) in [6.45, 7) is 1.76. The fraction of sp³-hybridized carbons (Fsp3) is 0.643. The van der Waals surface area contributed by atoms with Crippen molar-refractivity contribution in [1.82, 2.24) is 10.3 Å². The van der Waals surface area contributed by atoms with Crippen LogP contribution in [0.4, 0.5) is 10.2 Å². The summed E-state index contributed by atoms with van der Waals surface area (Å²) in [5.41, 5.74) is 0. The topological polar surface area (TPSA) is 37.0 Å². The van der Waals surface area contributed by atoms with Gasteiger partial charge in [-0.3, -0.25) is 0 Å². The van der Waals surface area contributed by atoms with Gasteiger partial charge in [-0.2, -0.15) is 0 Å². The van der Waals surface area contributed by atoms with Gasteiger partial charge in [0.1, 0.15) is 11.6 Å². The lowest BCUT2D eigenvalue weighted by atomic mass is 10.1. The van der Waals surface area contributed by atoms with Gasteiger partial charge >= 0.3 is 0 Å². The molecule has 0 atom stereocenters. The lowest BCUT2D eigenvalue weighted by Gasteiger charge is -2.16. The maximum Gasteiger partial charge on any atom is 0.141 e. The van der Waals surface area contributed by atoms with Gasteiger partial charge in [-0.1, -0.05) is 25.7 Å². The number of halogens is 1. The molecule has 1 aliphatic carbocycles. The standard InChI is InChI=1S/C14H22FN3/c15-12-7-8-14(18-11-12)17-10-9-16-13-5-3-1-2-4-6-13/h7-8,11,13,16H,1-6,9-10H2,(H,17,18). The summed E-state index contributed by atoms with van der Waals surface area (Å²) < 4.78 is 12.7. The average molecular weight is 251 g/mol. The van der Waals surface area contributed by atoms with Crippen molar-refractivity contribution in [2.45, 2.75) is 44.6 Å². The van der Waals surface area contributed by atoms with Crippen LogP contribution in [0.15, 0.2) is 18.3 Å². The minimum absolute atomic E-state index is 0.294. The SMILES string of the molecule is Fc1ccc(NCCNC2CCCCCC2)nc1. The molecule has 18 heavy (non-hydrogen) atoms. The van der Waals surface area contributed by atoms with Crippen LogP contribution in [0.1, 0.15) is 38.5 Å². The number of anilines is 1. The molecule has 0 aliphatic heterocycles. The monoisotopic (exact) mass is 251 g/mol. The van der Waals surface area contributed by atoms with Gasteiger partial charge in [-0.25, -0.2) is 9.37 Å². The molecule has 0 aromatic carbocycles. The Hall–Kier alpha value is -1.16. The first kappa shape index (κ1) is 13.3. The number of nitrogens with one attached hydrogen (secondary N) is 2. The minimum Gasteiger partial charge on any atom is -0.369 e. The molecule has 0 bridgehead atoms. The van der Waals surface area contributed by atoms with E-state index in [9.17, 15) is 4.39 Å². The van der Waals surface area contributed by atoms with E-state index in [0.717, 1.165) is 18.9 Å². The second-order valence-corrected chi connectivity index (χ2v) is 4.93. The molecule has 0 spiro atoms. The fourth-order valence-corrected chi connectivity index (χ4v) is 2.43. The smallest absolute Gasteiger partial charge is 0.141 e. The Labute approximate surface area is 108 Å². The number of hydrogen-bond acceptors (Lipinski definition) is 3. The third-order valence-corrected chi connectivity index (χ3v) is 3.45. The molecule has 3 nitrogen and oxygen atoms in total. The zero-order chi connectivity index (χ0) is 12.6. The summed E-state index contributed by atoms with van der Waals surface area (Å²) in [7, 11) is 0. The van der Waals surface area contributed by atoms with Crippen LogP contribution in [0.25, 0.3) is 0 Å². The molecule has 1 aromatic heterocycles. The maximum atomic E-state index is 12.7. The zero-order valence-electron chi connectivity index (χ0n) is 10.8. The second kappa shape index (κ2) is 7.31. The maximum absolute atomic E-state index is 12.7. The highest BCUT2D eigenvalue weighted by Crippen LogP contribution is 2.16. The van der Waals surface area contributed by atoms with Gasteiger partial charge in [0.15, 0.2) is 0 Å². The Balaban J connectivity index is 1.61. The van der Waals surface area contributed by atoms with E-state index >= 15 is 0 Å². The molecule has 1 heterocycles. The van der Waals surface area contributed by atoms with Gasteiger partial charge in [-0.15, -0.1) is 0 Å². The summed E-state index contributed by atoms with van der Waals surface area (Å²) in [5.74, 6) is 0.441. The normalized spacial score (nSPS) is 17.4. The predicted octanol–water partition coefficient (Wildman–Crippen LogP) is 2.95. The van der Waals surface area contributed by atoms with Gasteiger partial charge in [0.05, 0.1) is 6.20 Å². The van der Waals surface area contributed by atoms with Crippen molar-refractivity contribution in [2.75, 3.05) is 18.4 Å². The van der Waals surface area contributed by atoms with Crippen LogP contribution >= 0.6 is 0 Å². The highest BCUT2D eigenvalue weighted by Gasteiger charge is 2.10. The van der Waals surface area contributed by atoms with Crippen molar-refractivity contribution >= 4 is 5.82 Å². The highest BCUT2D eigenvalue weighted by molar-refractivity contribution is 5.33. The summed E-state index contributed by atoms with van der Waals surface area (Å²) in [6, 6.07) is 3.77. The molecule has 1 aliphatic rings. The number of rotatable bonds is 5. The van der Waals surface area contributed by atoms with Crippen LogP contribution in [-0.2, 0) is 0 Å². The minimum atomic E-state index is -0.294. The molecular weight excluding hydrogens is 229 g/mol. The van der Waals surface area contributed by atoms with Crippen molar-refractivity contribution < 1.29 is 4.39 Å². The molecule has 4 heteroatoms. The van der Waals surface area contributed by atoms with Gasteiger partial charge in [0.2, 0.25) is 0 Å². The van der Waals surface area contributed by atoms with Crippen molar-refractivity contribution in [1.29, 1.82) is 0 Å². The van der Waals surface area contributed by atoms with E-state index in [2.05, 4.69) is 15.6 Å². The van der Waals surface area contributed by atoms with Crippen molar-refractivity contribution in [2.24, 2.45) is 0 Å². The zero-order valence-corrected chi connectivity index (χ0v) is 10.8. The van der Waals surface area contributed by atoms with Crippen LogP contribution in [-0.4, -0.2) is 24.1 Å². The third kappa shape index (κ3) is 4.61. The highest BCUT2D eigenvalue weighted by atomic mass is 19.1. The van der Waals surface area contributed by atoms with Crippen molar-refractivity contribution in [3.8, 4) is 0 Å². The molecule has 0 unspecified atom stereocenters. The first-order chi connectivity index (χ1) is 8.84. The lowest BCUT2D eigenvalue weighted by molar-refractivity contribution is 0.468. The molecule has 1 saturated carbocycles. The van der Waals surface area contributed by atoms with Gasteiger partial charge in [-0.05, 0) is 25.0 Å². The van der Waals surface area contributed by atoms with Crippen LogP contribution in [0, 0.1) is 5.82 Å². The number of nitrogens with zero attached hydrogens (tertiary/aromatic N) is 1. The Morgan fingerprint density at radius 3 is 2.56 bits per heavy atom. The van der Waals surface area contributed by atoms with Crippen molar-refractivity contribution in [3.63, 3.8) is 0 Å². The van der Waals surface area contributed by atoms with Gasteiger partial charge in [0, 0.05) is 19.1 Å². The van der Waals surface area contributed by atoms with Crippen LogP contribution in [0.3, 0.4) is 0 Å². The first-order valence-corrected chi connectivity index (χ1v) is 6.93. The molecular formula is C14H22FN3. The molecule has 2 N–H and O–H groups in total. The van der Waals surface area contributed by atoms with E-state index in [0.29, 0.717) is 6.04 Å². The van der Waals surface area contributed by atoms with Gasteiger partial charge in [0.25, 0.3) is 0 Å². The van der Waals surface area contributed by atoms with E-state index < -0.39 is 0 Å². The molecule has 100 valence electrons. The van der Waals surface area contributed by atoms with E-state index in [1.54, 1.807) is 6.07 Å². The van der Waals surface area contributed by atoms with E-state index in [-0.39, 0.29) is 5.82 Å². The molecule has 1 fully saturated rings. The van der Waals surface area contributed by atoms with Crippen LogP contribution in [0.5, 0.6) is 0 Å². The second-order valence-electron chi connectivity index (χ2n) is 4.93. The van der Waals surface area contributed by atoms with E-state index in [4.69, 9.17) is 0 Å². The number of hydrogen-bond donors (Lipinski definition) is 2. The van der Waals surface area contributed by atoms with Gasteiger partial charge < -0.3 is 10.6 Å². The average Bonchev–Trinajstić information content (AvgIpc) is 2.65. The molecule has 0 radical (unpaired) electrons. The Kier molecular flexibility index (Phi) is 5.39. The van der Waals surface area contributed by atoms with E-state index in [1.807, 2.05) is 0 Å². The van der Waals surface area contributed by atoms with Crippen molar-refractivity contribution in [3.05, 3.63) is 24.1 Å². The molecule has 0 amide bonds. The number of aromatic nitrogens is 1. The van der Waals surface area contributed by atoms with E-state index in [1.165, 1.54) is 50.8 Å². The summed E-state index contributed by atoms with van der Waals surface area (Å²) in [4.78, 5) is 3.96. The fourth-order valence-electron chi connectivity index (χ4n) is 2.43. The summed E-state index contributed by atoms with van der Waals surface area (Å²) in [6.07, 6.45) is 9.31. The molecule has 2 rings (SSSR count). The predicted molar refractivity (Wildman–Crippen MR) is 72.2 cm³/mol. The van der Waals surface area contributed by atoms with Crippen LogP contribution < -0.4 is 10.6 Å². The molecule has 1 aromatic rings. The largest absolute Gasteiger partial charge is 0.369 e. The number of pyridine rings is 1. The van der Waals surface area contributed by atoms with Crippen LogP contribution in [0.2, 0.25) is 0 Å². The summed E-state index contributed by atoms with van der Waals surface area (Å²) >= 11 is 0. The Morgan fingerprint density at radius 2 is 1.89 bits per heavy atom.